The molecule has 146 valence electrons. The Balaban J connectivity index is 1.55. The maximum absolute atomic E-state index is 12.5. The summed E-state index contributed by atoms with van der Waals surface area (Å²) >= 11 is 1.30. The fourth-order valence-electron chi connectivity index (χ4n) is 3.22. The highest BCUT2D eigenvalue weighted by Gasteiger charge is 2.13. The summed E-state index contributed by atoms with van der Waals surface area (Å²) < 4.78 is 1.01. The van der Waals surface area contributed by atoms with E-state index < -0.39 is 17.0 Å². The molecular formula is C21H18N4O3S. The summed E-state index contributed by atoms with van der Waals surface area (Å²) in [4.78, 5) is 41.6. The molecule has 0 atom stereocenters. The molecular weight excluding hydrogens is 388 g/mol. The van der Waals surface area contributed by atoms with Gasteiger partial charge in [-0.15, -0.1) is 11.3 Å². The van der Waals surface area contributed by atoms with E-state index in [1.165, 1.54) is 16.9 Å². The van der Waals surface area contributed by atoms with Crippen LogP contribution in [0.4, 0.5) is 5.13 Å². The number of H-pyrrole nitrogens is 1. The third-order valence-electron chi connectivity index (χ3n) is 4.59. The summed E-state index contributed by atoms with van der Waals surface area (Å²) in [6.45, 7) is 3.74. The lowest BCUT2D eigenvalue weighted by molar-refractivity contribution is -0.117. The van der Waals surface area contributed by atoms with E-state index in [0.29, 0.717) is 10.5 Å². The number of fused-ring (bicyclic) bond motifs is 1. The number of hydrogen-bond acceptors (Lipinski definition) is 5. The molecule has 0 radical (unpaired) electrons. The molecule has 2 N–H and O–H groups in total. The number of carbonyl (C=O) groups excluding carboxylic acids is 1. The summed E-state index contributed by atoms with van der Waals surface area (Å²) in [6, 6.07) is 12.6. The Kier molecular flexibility index (Phi) is 4.85. The zero-order chi connectivity index (χ0) is 20.5. The first-order valence-electron chi connectivity index (χ1n) is 8.97. The van der Waals surface area contributed by atoms with Gasteiger partial charge in [0.1, 0.15) is 6.54 Å². The Morgan fingerprint density at radius 3 is 2.66 bits per heavy atom. The number of aryl methyl sites for hydroxylation is 2. The molecule has 7 nitrogen and oxygen atoms in total. The van der Waals surface area contributed by atoms with Crippen LogP contribution >= 0.6 is 11.3 Å². The summed E-state index contributed by atoms with van der Waals surface area (Å²) in [5, 5.41) is 8.02. The van der Waals surface area contributed by atoms with E-state index >= 15 is 0 Å². The molecule has 0 aliphatic heterocycles. The highest BCUT2D eigenvalue weighted by atomic mass is 32.1. The number of nitrogens with one attached hydrogen (secondary N) is 2. The molecule has 0 spiro atoms. The highest BCUT2D eigenvalue weighted by Crippen LogP contribution is 2.27. The second-order valence-electron chi connectivity index (χ2n) is 6.78. The molecule has 8 heteroatoms. The minimum Gasteiger partial charge on any atom is -0.300 e. The Hall–Kier alpha value is -3.52. The van der Waals surface area contributed by atoms with Gasteiger partial charge in [-0.2, -0.15) is 0 Å². The Morgan fingerprint density at radius 1 is 1.14 bits per heavy atom. The zero-order valence-corrected chi connectivity index (χ0v) is 16.7. The molecule has 2 heterocycles. The number of rotatable bonds is 4. The molecule has 0 aliphatic rings. The van der Waals surface area contributed by atoms with Crippen molar-refractivity contribution in [2.75, 3.05) is 5.32 Å². The van der Waals surface area contributed by atoms with Gasteiger partial charge < -0.3 is 5.32 Å². The monoisotopic (exact) mass is 406 g/mol. The number of hydrogen-bond donors (Lipinski definition) is 2. The first kappa shape index (κ1) is 18.8. The van der Waals surface area contributed by atoms with Gasteiger partial charge in [-0.05, 0) is 31.5 Å². The van der Waals surface area contributed by atoms with Crippen molar-refractivity contribution in [3.63, 3.8) is 0 Å². The average Bonchev–Trinajstić information content (AvgIpc) is 3.14. The number of nitrogens with zero attached hydrogens (tertiary/aromatic N) is 2. The summed E-state index contributed by atoms with van der Waals surface area (Å²) in [5.41, 5.74) is 3.21. The molecule has 0 unspecified atom stereocenters. The lowest BCUT2D eigenvalue weighted by Crippen LogP contribution is -2.34. The smallest absolute Gasteiger partial charge is 0.273 e. The Bertz CT molecular complexity index is 1350. The topological polar surface area (TPSA) is 96.9 Å². The molecule has 1 amide bonds. The third kappa shape index (κ3) is 3.74. The number of carbonyl (C=O) groups is 1. The van der Waals surface area contributed by atoms with Gasteiger partial charge >= 0.3 is 0 Å². The predicted octanol–water partition coefficient (Wildman–Crippen LogP) is 3.07. The van der Waals surface area contributed by atoms with E-state index in [1.807, 2.05) is 31.4 Å². The van der Waals surface area contributed by atoms with Crippen molar-refractivity contribution in [1.29, 1.82) is 0 Å². The van der Waals surface area contributed by atoms with Crippen LogP contribution in [0.5, 0.6) is 0 Å². The normalized spacial score (nSPS) is 11.0. The van der Waals surface area contributed by atoms with Crippen LogP contribution in [-0.2, 0) is 11.3 Å². The first-order chi connectivity index (χ1) is 13.9. The van der Waals surface area contributed by atoms with Gasteiger partial charge in [0.2, 0.25) is 5.91 Å². The molecule has 0 bridgehead atoms. The van der Waals surface area contributed by atoms with Crippen LogP contribution in [0.15, 0.2) is 57.4 Å². The van der Waals surface area contributed by atoms with E-state index in [1.54, 1.807) is 24.3 Å². The van der Waals surface area contributed by atoms with Crippen molar-refractivity contribution in [1.82, 2.24) is 14.8 Å². The molecule has 4 aromatic rings. The van der Waals surface area contributed by atoms with E-state index in [2.05, 4.69) is 21.5 Å². The molecule has 0 saturated heterocycles. The quantitative estimate of drug-likeness (QED) is 0.544. The molecule has 0 fully saturated rings. The second-order valence-corrected chi connectivity index (χ2v) is 7.64. The maximum atomic E-state index is 12.5. The highest BCUT2D eigenvalue weighted by molar-refractivity contribution is 7.14. The Morgan fingerprint density at radius 2 is 1.90 bits per heavy atom. The third-order valence-corrected chi connectivity index (χ3v) is 5.35. The van der Waals surface area contributed by atoms with Crippen LogP contribution < -0.4 is 16.4 Å². The molecule has 2 aromatic carbocycles. The number of anilines is 1. The maximum Gasteiger partial charge on any atom is 0.273 e. The van der Waals surface area contributed by atoms with Gasteiger partial charge in [-0.3, -0.25) is 19.5 Å². The van der Waals surface area contributed by atoms with Crippen molar-refractivity contribution >= 4 is 33.1 Å². The van der Waals surface area contributed by atoms with Crippen LogP contribution in [-0.4, -0.2) is 20.7 Å². The van der Waals surface area contributed by atoms with Crippen LogP contribution in [0, 0.1) is 13.8 Å². The largest absolute Gasteiger partial charge is 0.300 e. The van der Waals surface area contributed by atoms with Gasteiger partial charge in [0, 0.05) is 10.9 Å². The summed E-state index contributed by atoms with van der Waals surface area (Å²) in [7, 11) is 0. The van der Waals surface area contributed by atoms with Crippen molar-refractivity contribution in [3.8, 4) is 11.3 Å². The second kappa shape index (κ2) is 7.48. The van der Waals surface area contributed by atoms with Crippen LogP contribution in [0.25, 0.3) is 22.0 Å². The fraction of sp³-hybridized carbons (Fsp3) is 0.143. The van der Waals surface area contributed by atoms with Crippen LogP contribution in [0.3, 0.4) is 0 Å². The van der Waals surface area contributed by atoms with Crippen LogP contribution in [0.1, 0.15) is 11.1 Å². The summed E-state index contributed by atoms with van der Waals surface area (Å²) in [6.07, 6.45) is 0. The zero-order valence-electron chi connectivity index (χ0n) is 15.9. The molecule has 0 saturated carbocycles. The van der Waals surface area contributed by atoms with Gasteiger partial charge in [0.25, 0.3) is 11.1 Å². The SMILES string of the molecule is Cc1ccc(-c2csc(NC(=O)Cn3[nH]c(=O)c4ccccc4c3=O)n2)c(C)c1. The Labute approximate surface area is 169 Å². The van der Waals surface area contributed by atoms with Crippen molar-refractivity contribution in [3.05, 3.63) is 79.7 Å². The number of thiazole rings is 1. The predicted molar refractivity (Wildman–Crippen MR) is 114 cm³/mol. The number of benzene rings is 2. The van der Waals surface area contributed by atoms with Crippen LogP contribution in [0.2, 0.25) is 0 Å². The van der Waals surface area contributed by atoms with E-state index in [9.17, 15) is 14.4 Å². The van der Waals surface area contributed by atoms with E-state index in [0.717, 1.165) is 21.5 Å². The number of aromatic nitrogens is 3. The number of amides is 1. The standard InChI is InChI=1S/C21H18N4O3S/c1-12-7-8-14(13(2)9-12)17-11-29-21(22-17)23-18(26)10-25-20(28)16-6-4-3-5-15(16)19(27)24-25/h3-9,11H,10H2,1-2H3,(H,24,27)(H,22,23,26). The molecule has 2 aromatic heterocycles. The van der Waals surface area contributed by atoms with E-state index in [4.69, 9.17) is 0 Å². The van der Waals surface area contributed by atoms with E-state index in [-0.39, 0.29) is 11.9 Å². The lowest BCUT2D eigenvalue weighted by atomic mass is 10.0. The minimum atomic E-state index is -0.445. The average molecular weight is 406 g/mol. The molecule has 0 aliphatic carbocycles. The molecule has 4 rings (SSSR count). The van der Waals surface area contributed by atoms with Gasteiger partial charge in [-0.25, -0.2) is 9.67 Å². The minimum absolute atomic E-state index is 0.274. The molecule has 29 heavy (non-hydrogen) atoms. The lowest BCUT2D eigenvalue weighted by Gasteiger charge is -2.07. The van der Waals surface area contributed by atoms with Crippen molar-refractivity contribution in [2.24, 2.45) is 0 Å². The van der Waals surface area contributed by atoms with Gasteiger partial charge in [-0.1, -0.05) is 35.9 Å². The first-order valence-corrected chi connectivity index (χ1v) is 9.85. The van der Waals surface area contributed by atoms with Crippen molar-refractivity contribution < 1.29 is 4.79 Å². The van der Waals surface area contributed by atoms with Gasteiger partial charge in [0.15, 0.2) is 5.13 Å². The number of aromatic amines is 1. The fourth-order valence-corrected chi connectivity index (χ4v) is 3.94. The summed E-state index contributed by atoms with van der Waals surface area (Å²) in [5.74, 6) is -0.445. The van der Waals surface area contributed by atoms with Crippen molar-refractivity contribution in [2.45, 2.75) is 20.4 Å². The van der Waals surface area contributed by atoms with Gasteiger partial charge in [0.05, 0.1) is 16.5 Å².